The van der Waals surface area contributed by atoms with Gasteiger partial charge in [-0.15, -0.1) is 11.3 Å². The lowest BCUT2D eigenvalue weighted by Gasteiger charge is -2.32. The summed E-state index contributed by atoms with van der Waals surface area (Å²) in [6, 6.07) is 1.11. The van der Waals surface area contributed by atoms with E-state index < -0.39 is 20.0 Å². The maximum atomic E-state index is 12.6. The zero-order valence-corrected chi connectivity index (χ0v) is 14.6. The summed E-state index contributed by atoms with van der Waals surface area (Å²) in [5, 5.41) is 8.31. The monoisotopic (exact) mass is 363 g/mol. The molecule has 0 saturated carbocycles. The van der Waals surface area contributed by atoms with Crippen LogP contribution in [0.2, 0.25) is 6.32 Å². The van der Waals surface area contributed by atoms with Gasteiger partial charge in [-0.05, 0) is 19.0 Å². The van der Waals surface area contributed by atoms with Crippen molar-refractivity contribution in [3.63, 3.8) is 0 Å². The highest BCUT2D eigenvalue weighted by molar-refractivity contribution is 7.94. The van der Waals surface area contributed by atoms with Crippen LogP contribution in [0.3, 0.4) is 0 Å². The molecule has 0 aromatic carbocycles. The van der Waals surface area contributed by atoms with E-state index in [1.165, 1.54) is 10.4 Å². The molecule has 3 N–H and O–H groups in total. The van der Waals surface area contributed by atoms with Crippen LogP contribution < -0.4 is 10.5 Å². The molecule has 1 aliphatic rings. The predicted octanol–water partition coefficient (Wildman–Crippen LogP) is 0.0273. The number of primary sulfonamides is 1. The van der Waals surface area contributed by atoms with Gasteiger partial charge in [0.2, 0.25) is 10.0 Å². The van der Waals surface area contributed by atoms with Gasteiger partial charge in [0.05, 0.1) is 7.85 Å². The number of hydrogen-bond acceptors (Lipinski definition) is 6. The Labute approximate surface area is 136 Å². The van der Waals surface area contributed by atoms with Crippen molar-refractivity contribution < 1.29 is 16.8 Å². The minimum Gasteiger partial charge on any atom is -0.309 e. The van der Waals surface area contributed by atoms with Crippen molar-refractivity contribution in [3.8, 4) is 0 Å². The van der Waals surface area contributed by atoms with Crippen molar-refractivity contribution >= 4 is 39.2 Å². The number of nitrogens with two attached hydrogens (primary N) is 1. The smallest absolute Gasteiger partial charge is 0.252 e. The first-order chi connectivity index (χ1) is 10.2. The normalized spacial score (nSPS) is 21.6. The number of rotatable bonds is 6. The Morgan fingerprint density at radius 2 is 2.23 bits per heavy atom. The van der Waals surface area contributed by atoms with Crippen LogP contribution in [-0.2, 0) is 20.0 Å². The van der Waals surface area contributed by atoms with Crippen LogP contribution >= 0.6 is 11.3 Å². The predicted molar refractivity (Wildman–Crippen MR) is 86.0 cm³/mol. The number of likely N-dealkylation sites (N-methyl/N-ethyl adjacent to an activating group) is 1. The van der Waals surface area contributed by atoms with E-state index in [0.29, 0.717) is 42.7 Å². The molecule has 0 unspecified atom stereocenters. The van der Waals surface area contributed by atoms with Gasteiger partial charge < -0.3 is 5.32 Å². The molecule has 1 aromatic rings. The maximum absolute atomic E-state index is 12.6. The number of thiophene rings is 1. The number of nitrogens with zero attached hydrogens (tertiary/aromatic N) is 1. The summed E-state index contributed by atoms with van der Waals surface area (Å²) in [4.78, 5) is 0. The van der Waals surface area contributed by atoms with Gasteiger partial charge in [-0.3, -0.25) is 0 Å². The van der Waals surface area contributed by atoms with Gasteiger partial charge in [0.15, 0.2) is 0 Å². The molecule has 1 atom stereocenters. The molecule has 1 aromatic heterocycles. The van der Waals surface area contributed by atoms with E-state index in [0.717, 1.165) is 0 Å². The van der Waals surface area contributed by atoms with Crippen molar-refractivity contribution in [1.29, 1.82) is 0 Å². The van der Waals surface area contributed by atoms with Crippen LogP contribution in [0.4, 0.5) is 0 Å². The molecule has 0 fully saturated rings. The standard InChI is InChI=1S/C11H18BN3O4S3/c1-2-14-9-7-15(5-3-4-12)22(18,19)11-8(9)6-10(20-11)21(13,16)17/h6,9,14H,2-5,7H2,1H3,(H2,13,16,17)/t9-/m0/s1. The summed E-state index contributed by atoms with van der Waals surface area (Å²) in [5.74, 6) is 0. The third-order valence-electron chi connectivity index (χ3n) is 3.38. The maximum Gasteiger partial charge on any atom is 0.252 e. The summed E-state index contributed by atoms with van der Waals surface area (Å²) >= 11 is 0.702. The summed E-state index contributed by atoms with van der Waals surface area (Å²) in [5.41, 5.74) is 0.472. The van der Waals surface area contributed by atoms with Gasteiger partial charge in [0, 0.05) is 24.7 Å². The van der Waals surface area contributed by atoms with Crippen molar-refractivity contribution in [3.05, 3.63) is 11.6 Å². The molecule has 0 aliphatic carbocycles. The Bertz CT molecular complexity index is 745. The van der Waals surface area contributed by atoms with E-state index >= 15 is 0 Å². The minimum absolute atomic E-state index is 0.0470. The largest absolute Gasteiger partial charge is 0.309 e. The number of sulfonamides is 2. The van der Waals surface area contributed by atoms with Gasteiger partial charge in [-0.2, -0.15) is 4.31 Å². The van der Waals surface area contributed by atoms with E-state index in [-0.39, 0.29) is 21.0 Å². The summed E-state index contributed by atoms with van der Waals surface area (Å²) in [6.45, 7) is 3.10. The fourth-order valence-corrected chi connectivity index (χ4v) is 6.67. The molecule has 0 amide bonds. The Kier molecular flexibility index (Phi) is 5.35. The SMILES string of the molecule is [B]CCCN1C[C@H](NCC)c2cc(S(N)(=O)=O)sc2S1(=O)=O. The van der Waals surface area contributed by atoms with Crippen LogP contribution in [0.1, 0.15) is 24.9 Å². The summed E-state index contributed by atoms with van der Waals surface area (Å²) in [6.07, 6.45) is 0.929. The van der Waals surface area contributed by atoms with Crippen LogP contribution in [0.5, 0.6) is 0 Å². The molecule has 1 aliphatic heterocycles. The fraction of sp³-hybridized carbons (Fsp3) is 0.636. The van der Waals surface area contributed by atoms with Crippen molar-refractivity contribution in [1.82, 2.24) is 9.62 Å². The number of hydrogen-bond donors (Lipinski definition) is 2. The Morgan fingerprint density at radius 1 is 1.55 bits per heavy atom. The average molecular weight is 363 g/mol. The van der Waals surface area contributed by atoms with Gasteiger partial charge in [0.25, 0.3) is 10.0 Å². The molecular weight excluding hydrogens is 345 g/mol. The second-order valence-electron chi connectivity index (χ2n) is 4.97. The van der Waals surface area contributed by atoms with Gasteiger partial charge in [-0.1, -0.05) is 13.2 Å². The lowest BCUT2D eigenvalue weighted by Crippen LogP contribution is -2.43. The fourth-order valence-electron chi connectivity index (χ4n) is 2.37. The number of fused-ring (bicyclic) bond motifs is 1. The molecule has 2 heterocycles. The Morgan fingerprint density at radius 3 is 2.77 bits per heavy atom. The third kappa shape index (κ3) is 3.39. The van der Waals surface area contributed by atoms with Crippen LogP contribution in [-0.4, -0.2) is 48.6 Å². The summed E-state index contributed by atoms with van der Waals surface area (Å²) < 4.78 is 49.6. The van der Waals surface area contributed by atoms with E-state index in [4.69, 9.17) is 13.0 Å². The second-order valence-corrected chi connectivity index (χ2v) is 9.94. The molecule has 0 spiro atoms. The average Bonchev–Trinajstić information content (AvgIpc) is 2.87. The zero-order valence-electron chi connectivity index (χ0n) is 12.1. The van der Waals surface area contributed by atoms with Crippen molar-refractivity contribution in [2.24, 2.45) is 5.14 Å². The first-order valence-corrected chi connectivity index (χ1v) is 10.6. The highest BCUT2D eigenvalue weighted by Crippen LogP contribution is 2.39. The third-order valence-corrected chi connectivity index (χ3v) is 8.34. The van der Waals surface area contributed by atoms with E-state index in [9.17, 15) is 16.8 Å². The quantitative estimate of drug-likeness (QED) is 0.693. The molecule has 0 bridgehead atoms. The Balaban J connectivity index is 2.52. The zero-order chi connectivity index (χ0) is 16.5. The first-order valence-electron chi connectivity index (χ1n) is 6.82. The minimum atomic E-state index is -3.93. The molecule has 122 valence electrons. The lowest BCUT2D eigenvalue weighted by molar-refractivity contribution is 0.344. The van der Waals surface area contributed by atoms with Gasteiger partial charge in [0.1, 0.15) is 8.42 Å². The lowest BCUT2D eigenvalue weighted by atomic mass is 10.0. The molecule has 2 radical (unpaired) electrons. The molecular formula is C11H18BN3O4S3. The first kappa shape index (κ1) is 17.9. The van der Waals surface area contributed by atoms with Crippen molar-refractivity contribution in [2.45, 2.75) is 34.1 Å². The highest BCUT2D eigenvalue weighted by atomic mass is 32.3. The molecule has 22 heavy (non-hydrogen) atoms. The number of nitrogens with one attached hydrogen (secondary N) is 1. The molecule has 0 saturated heterocycles. The van der Waals surface area contributed by atoms with Crippen LogP contribution in [0.25, 0.3) is 0 Å². The van der Waals surface area contributed by atoms with E-state index in [1.807, 2.05) is 6.92 Å². The van der Waals surface area contributed by atoms with Crippen LogP contribution in [0.15, 0.2) is 14.5 Å². The van der Waals surface area contributed by atoms with Crippen molar-refractivity contribution in [2.75, 3.05) is 19.6 Å². The molecule has 11 heteroatoms. The van der Waals surface area contributed by atoms with Gasteiger partial charge in [-0.25, -0.2) is 22.0 Å². The summed E-state index contributed by atoms with van der Waals surface area (Å²) in [7, 11) is -2.19. The topological polar surface area (TPSA) is 110 Å². The molecule has 2 rings (SSSR count). The Hall–Kier alpha value is -0.455. The van der Waals surface area contributed by atoms with E-state index in [2.05, 4.69) is 5.32 Å². The second kappa shape index (κ2) is 6.58. The van der Waals surface area contributed by atoms with Crippen LogP contribution in [0, 0.1) is 0 Å². The van der Waals surface area contributed by atoms with E-state index in [1.54, 1.807) is 0 Å². The van der Waals surface area contributed by atoms with Gasteiger partial charge >= 0.3 is 0 Å². The molecule has 7 nitrogen and oxygen atoms in total. The highest BCUT2D eigenvalue weighted by Gasteiger charge is 2.39.